The van der Waals surface area contributed by atoms with Gasteiger partial charge in [-0.1, -0.05) is 36.4 Å². The lowest BCUT2D eigenvalue weighted by atomic mass is 10.2. The third-order valence-electron chi connectivity index (χ3n) is 2.47. The van der Waals surface area contributed by atoms with Crippen LogP contribution in [-0.4, -0.2) is 0 Å². The summed E-state index contributed by atoms with van der Waals surface area (Å²) >= 11 is 0. The van der Waals surface area contributed by atoms with Crippen LogP contribution in [0.25, 0.3) is 0 Å². The minimum absolute atomic E-state index is 0.256. The van der Waals surface area contributed by atoms with Crippen LogP contribution in [0, 0.1) is 5.82 Å². The molecular formula is C14H14FNO. The summed E-state index contributed by atoms with van der Waals surface area (Å²) in [7, 11) is 0. The van der Waals surface area contributed by atoms with Crippen LogP contribution in [0.1, 0.15) is 11.1 Å². The molecule has 0 aliphatic heterocycles. The molecule has 2 aromatic rings. The van der Waals surface area contributed by atoms with Gasteiger partial charge in [0.05, 0.1) is 0 Å². The standard InChI is InChI=1S/C14H14FNO/c15-13-8-12(9-16)6-7-14(13)17-10-11-4-2-1-3-5-11/h1-8H,9-10,16H2. The maximum atomic E-state index is 13.6. The molecule has 0 aliphatic carbocycles. The van der Waals surface area contributed by atoms with Crippen LogP contribution in [0.15, 0.2) is 48.5 Å². The van der Waals surface area contributed by atoms with E-state index < -0.39 is 0 Å². The average molecular weight is 231 g/mol. The number of nitrogens with two attached hydrogens (primary N) is 1. The molecular weight excluding hydrogens is 217 g/mol. The number of ether oxygens (including phenoxy) is 1. The molecule has 0 fully saturated rings. The zero-order valence-corrected chi connectivity index (χ0v) is 9.40. The summed E-state index contributed by atoms with van der Waals surface area (Å²) in [6.45, 7) is 0.690. The van der Waals surface area contributed by atoms with Crippen molar-refractivity contribution in [3.63, 3.8) is 0 Å². The summed E-state index contributed by atoms with van der Waals surface area (Å²) in [4.78, 5) is 0. The molecule has 0 saturated heterocycles. The highest BCUT2D eigenvalue weighted by molar-refractivity contribution is 5.29. The summed E-state index contributed by atoms with van der Waals surface area (Å²) in [5.41, 5.74) is 7.19. The highest BCUT2D eigenvalue weighted by Crippen LogP contribution is 2.19. The number of halogens is 1. The molecule has 2 N–H and O–H groups in total. The summed E-state index contributed by atoms with van der Waals surface area (Å²) < 4.78 is 19.0. The molecule has 0 saturated carbocycles. The first kappa shape index (κ1) is 11.6. The largest absolute Gasteiger partial charge is 0.486 e. The quantitative estimate of drug-likeness (QED) is 0.878. The molecule has 0 radical (unpaired) electrons. The van der Waals surface area contributed by atoms with Crippen LogP contribution in [0.2, 0.25) is 0 Å². The van der Waals surface area contributed by atoms with Crippen molar-refractivity contribution in [2.45, 2.75) is 13.2 Å². The summed E-state index contributed by atoms with van der Waals surface area (Å²) in [6.07, 6.45) is 0. The molecule has 0 aromatic heterocycles. The smallest absolute Gasteiger partial charge is 0.165 e. The zero-order chi connectivity index (χ0) is 12.1. The Labute approximate surface area is 99.8 Å². The van der Waals surface area contributed by atoms with E-state index in [1.165, 1.54) is 6.07 Å². The zero-order valence-electron chi connectivity index (χ0n) is 9.40. The topological polar surface area (TPSA) is 35.2 Å². The van der Waals surface area contributed by atoms with E-state index in [4.69, 9.17) is 10.5 Å². The van der Waals surface area contributed by atoms with E-state index in [1.54, 1.807) is 12.1 Å². The lowest BCUT2D eigenvalue weighted by Crippen LogP contribution is -2.00. The predicted molar refractivity (Wildman–Crippen MR) is 65.1 cm³/mol. The van der Waals surface area contributed by atoms with Gasteiger partial charge in [0.25, 0.3) is 0 Å². The van der Waals surface area contributed by atoms with Gasteiger partial charge in [-0.2, -0.15) is 0 Å². The van der Waals surface area contributed by atoms with Crippen LogP contribution in [0.5, 0.6) is 5.75 Å². The van der Waals surface area contributed by atoms with E-state index in [1.807, 2.05) is 30.3 Å². The molecule has 0 amide bonds. The summed E-state index contributed by atoms with van der Waals surface area (Å²) in [5, 5.41) is 0. The first-order chi connectivity index (χ1) is 8.29. The molecule has 2 rings (SSSR count). The van der Waals surface area contributed by atoms with Crippen molar-refractivity contribution in [1.29, 1.82) is 0 Å². The van der Waals surface area contributed by atoms with E-state index in [0.29, 0.717) is 13.2 Å². The second-order valence-electron chi connectivity index (χ2n) is 3.74. The van der Waals surface area contributed by atoms with Gasteiger partial charge in [-0.25, -0.2) is 4.39 Å². The van der Waals surface area contributed by atoms with Gasteiger partial charge < -0.3 is 10.5 Å². The Hall–Kier alpha value is -1.87. The fraction of sp³-hybridized carbons (Fsp3) is 0.143. The minimum Gasteiger partial charge on any atom is -0.486 e. The van der Waals surface area contributed by atoms with Crippen molar-refractivity contribution < 1.29 is 9.13 Å². The van der Waals surface area contributed by atoms with E-state index in [2.05, 4.69) is 0 Å². The van der Waals surface area contributed by atoms with Crippen molar-refractivity contribution in [2.75, 3.05) is 0 Å². The molecule has 88 valence electrons. The second-order valence-corrected chi connectivity index (χ2v) is 3.74. The van der Waals surface area contributed by atoms with Gasteiger partial charge in [-0.3, -0.25) is 0 Å². The van der Waals surface area contributed by atoms with E-state index in [9.17, 15) is 4.39 Å². The molecule has 2 nitrogen and oxygen atoms in total. The predicted octanol–water partition coefficient (Wildman–Crippen LogP) is 2.86. The molecule has 3 heteroatoms. The summed E-state index contributed by atoms with van der Waals surface area (Å²) in [5.74, 6) is -0.116. The van der Waals surface area contributed by atoms with Gasteiger partial charge in [0.1, 0.15) is 6.61 Å². The van der Waals surface area contributed by atoms with Crippen LogP contribution >= 0.6 is 0 Å². The summed E-state index contributed by atoms with van der Waals surface area (Å²) in [6, 6.07) is 14.4. The van der Waals surface area contributed by atoms with E-state index in [0.717, 1.165) is 11.1 Å². The molecule has 0 aliphatic rings. The number of rotatable bonds is 4. The SMILES string of the molecule is NCc1ccc(OCc2ccccc2)c(F)c1. The minimum atomic E-state index is -0.371. The van der Waals surface area contributed by atoms with Crippen molar-refractivity contribution in [1.82, 2.24) is 0 Å². The Morgan fingerprint density at radius 1 is 1.00 bits per heavy atom. The fourth-order valence-corrected chi connectivity index (χ4v) is 1.52. The van der Waals surface area contributed by atoms with Crippen LogP contribution in [0.4, 0.5) is 4.39 Å². The van der Waals surface area contributed by atoms with Crippen molar-refractivity contribution >= 4 is 0 Å². The lowest BCUT2D eigenvalue weighted by Gasteiger charge is -2.08. The highest BCUT2D eigenvalue weighted by atomic mass is 19.1. The maximum Gasteiger partial charge on any atom is 0.165 e. The third-order valence-corrected chi connectivity index (χ3v) is 2.47. The molecule has 0 unspecified atom stereocenters. The van der Waals surface area contributed by atoms with Crippen molar-refractivity contribution in [2.24, 2.45) is 5.73 Å². The fourth-order valence-electron chi connectivity index (χ4n) is 1.52. The van der Waals surface area contributed by atoms with Gasteiger partial charge in [-0.15, -0.1) is 0 Å². The second kappa shape index (κ2) is 5.46. The van der Waals surface area contributed by atoms with Crippen molar-refractivity contribution in [3.05, 3.63) is 65.5 Å². The van der Waals surface area contributed by atoms with Crippen LogP contribution in [-0.2, 0) is 13.2 Å². The number of benzene rings is 2. The van der Waals surface area contributed by atoms with E-state index >= 15 is 0 Å². The number of hydrogen-bond donors (Lipinski definition) is 1. The molecule has 2 aromatic carbocycles. The molecule has 0 bridgehead atoms. The van der Waals surface area contributed by atoms with Gasteiger partial charge in [0, 0.05) is 6.54 Å². The first-order valence-electron chi connectivity index (χ1n) is 5.45. The average Bonchev–Trinajstić information content (AvgIpc) is 2.38. The Kier molecular flexibility index (Phi) is 3.73. The van der Waals surface area contributed by atoms with Gasteiger partial charge in [0.2, 0.25) is 0 Å². The van der Waals surface area contributed by atoms with Crippen LogP contribution in [0.3, 0.4) is 0 Å². The molecule has 0 spiro atoms. The third kappa shape index (κ3) is 3.04. The monoisotopic (exact) mass is 231 g/mol. The lowest BCUT2D eigenvalue weighted by molar-refractivity contribution is 0.290. The van der Waals surface area contributed by atoms with E-state index in [-0.39, 0.29) is 11.6 Å². The maximum absolute atomic E-state index is 13.6. The van der Waals surface area contributed by atoms with Crippen LogP contribution < -0.4 is 10.5 Å². The van der Waals surface area contributed by atoms with Crippen molar-refractivity contribution in [3.8, 4) is 5.75 Å². The Bertz CT molecular complexity index is 485. The molecule has 0 atom stereocenters. The highest BCUT2D eigenvalue weighted by Gasteiger charge is 2.04. The normalized spacial score (nSPS) is 10.2. The number of hydrogen-bond acceptors (Lipinski definition) is 2. The molecule has 0 heterocycles. The molecule has 17 heavy (non-hydrogen) atoms. The van der Waals surface area contributed by atoms with Gasteiger partial charge in [-0.05, 0) is 23.3 Å². The van der Waals surface area contributed by atoms with Gasteiger partial charge in [0.15, 0.2) is 11.6 Å². The van der Waals surface area contributed by atoms with Gasteiger partial charge >= 0.3 is 0 Å². The Morgan fingerprint density at radius 3 is 2.41 bits per heavy atom. The Balaban J connectivity index is 2.04. The Morgan fingerprint density at radius 2 is 1.76 bits per heavy atom. The first-order valence-corrected chi connectivity index (χ1v) is 5.45.